The fraction of sp³-hybridized carbons (Fsp3) is 1.00. The van der Waals surface area contributed by atoms with Crippen LogP contribution in [0.5, 0.6) is 0 Å². The summed E-state index contributed by atoms with van der Waals surface area (Å²) >= 11 is 0. The summed E-state index contributed by atoms with van der Waals surface area (Å²) in [4.78, 5) is 0. The SMILES string of the molecule is OC(O)(C(F)(F)F)C(F)(F)C(O)(C(F)(F)C(F)(F)F)C(F)(F)C(F)(F)F. The first kappa shape index (κ1) is 24.8. The van der Waals surface area contributed by atoms with Gasteiger partial charge < -0.3 is 15.3 Å². The van der Waals surface area contributed by atoms with Gasteiger partial charge in [0.25, 0.3) is 5.60 Å². The second-order valence-corrected chi connectivity index (χ2v) is 4.60. The zero-order valence-corrected chi connectivity index (χ0v) is 11.0. The van der Waals surface area contributed by atoms with Crippen LogP contribution in [-0.2, 0) is 0 Å². The first-order chi connectivity index (χ1) is 10.8. The van der Waals surface area contributed by atoms with Gasteiger partial charge in [0.05, 0.1) is 0 Å². The smallest absolute Gasteiger partial charge is 0.373 e. The molecule has 0 bridgehead atoms. The second kappa shape index (κ2) is 5.66. The molecule has 0 fully saturated rings. The van der Waals surface area contributed by atoms with E-state index in [2.05, 4.69) is 0 Å². The molecule has 0 spiro atoms. The summed E-state index contributed by atoms with van der Waals surface area (Å²) in [5.41, 5.74) is -8.37. The molecular weight excluding hydrogens is 429 g/mol. The van der Waals surface area contributed by atoms with Crippen molar-refractivity contribution in [2.75, 3.05) is 0 Å². The quantitative estimate of drug-likeness (QED) is 0.473. The summed E-state index contributed by atoms with van der Waals surface area (Å²) in [6, 6.07) is 0. The van der Waals surface area contributed by atoms with E-state index >= 15 is 0 Å². The fourth-order valence-electron chi connectivity index (χ4n) is 1.43. The maximum absolute atomic E-state index is 13.4. The molecular formula is C8H3F15O3. The van der Waals surface area contributed by atoms with Gasteiger partial charge in [0, 0.05) is 0 Å². The molecule has 0 unspecified atom stereocenters. The van der Waals surface area contributed by atoms with Crippen molar-refractivity contribution in [3.8, 4) is 0 Å². The first-order valence-corrected chi connectivity index (χ1v) is 5.26. The number of hydrogen-bond donors (Lipinski definition) is 3. The number of hydrogen-bond acceptors (Lipinski definition) is 3. The summed E-state index contributed by atoms with van der Waals surface area (Å²) < 4.78 is 187. The lowest BCUT2D eigenvalue weighted by atomic mass is 9.77. The molecule has 0 saturated carbocycles. The number of halogens is 15. The van der Waals surface area contributed by atoms with E-state index in [1.807, 2.05) is 0 Å². The lowest BCUT2D eigenvalue weighted by Crippen LogP contribution is -2.83. The van der Waals surface area contributed by atoms with Gasteiger partial charge >= 0.3 is 42.1 Å². The molecule has 0 aliphatic rings. The molecule has 0 aromatic carbocycles. The molecule has 0 atom stereocenters. The summed E-state index contributed by atoms with van der Waals surface area (Å²) in [6.45, 7) is 0. The van der Waals surface area contributed by atoms with Crippen molar-refractivity contribution in [3.63, 3.8) is 0 Å². The molecule has 0 rings (SSSR count). The topological polar surface area (TPSA) is 60.7 Å². The van der Waals surface area contributed by atoms with Gasteiger partial charge in [-0.1, -0.05) is 0 Å². The molecule has 26 heavy (non-hydrogen) atoms. The molecule has 0 saturated heterocycles. The predicted molar refractivity (Wildman–Crippen MR) is 45.1 cm³/mol. The fourth-order valence-corrected chi connectivity index (χ4v) is 1.43. The van der Waals surface area contributed by atoms with Gasteiger partial charge in [0.2, 0.25) is 0 Å². The maximum Gasteiger partial charge on any atom is 0.456 e. The van der Waals surface area contributed by atoms with Crippen LogP contribution in [0.25, 0.3) is 0 Å². The van der Waals surface area contributed by atoms with Crippen molar-refractivity contribution in [2.45, 2.75) is 47.7 Å². The second-order valence-electron chi connectivity index (χ2n) is 4.60. The Hall–Kier alpha value is -1.17. The zero-order chi connectivity index (χ0) is 22.0. The Labute approximate surface area is 130 Å². The van der Waals surface area contributed by atoms with Crippen LogP contribution < -0.4 is 0 Å². The van der Waals surface area contributed by atoms with Gasteiger partial charge in [-0.05, 0) is 0 Å². The van der Waals surface area contributed by atoms with Gasteiger partial charge in [-0.2, -0.15) is 65.9 Å². The van der Waals surface area contributed by atoms with Crippen LogP contribution >= 0.6 is 0 Å². The van der Waals surface area contributed by atoms with Gasteiger partial charge in [0.15, 0.2) is 0 Å². The van der Waals surface area contributed by atoms with Gasteiger partial charge in [-0.25, -0.2) is 0 Å². The molecule has 0 aromatic heterocycles. The van der Waals surface area contributed by atoms with Crippen LogP contribution in [0.1, 0.15) is 0 Å². The predicted octanol–water partition coefficient (Wildman–Crippen LogP) is 2.99. The minimum absolute atomic E-state index is 7.38. The van der Waals surface area contributed by atoms with Crippen molar-refractivity contribution in [3.05, 3.63) is 0 Å². The van der Waals surface area contributed by atoms with Crippen LogP contribution in [0.4, 0.5) is 65.9 Å². The van der Waals surface area contributed by atoms with E-state index in [0.717, 1.165) is 0 Å². The first-order valence-electron chi connectivity index (χ1n) is 5.26. The van der Waals surface area contributed by atoms with Gasteiger partial charge in [0.1, 0.15) is 0 Å². The maximum atomic E-state index is 13.4. The van der Waals surface area contributed by atoms with Crippen molar-refractivity contribution in [1.82, 2.24) is 0 Å². The minimum atomic E-state index is -8.37. The van der Waals surface area contributed by atoms with Crippen LogP contribution in [-0.4, -0.2) is 63.0 Å². The Kier molecular flexibility index (Phi) is 5.41. The highest BCUT2D eigenvalue weighted by Crippen LogP contribution is 2.63. The Balaban J connectivity index is 7.27. The van der Waals surface area contributed by atoms with Crippen LogP contribution in [0.3, 0.4) is 0 Å². The molecule has 18 heteroatoms. The minimum Gasteiger partial charge on any atom is -0.373 e. The van der Waals surface area contributed by atoms with Crippen molar-refractivity contribution in [2.24, 2.45) is 0 Å². The third-order valence-corrected chi connectivity index (χ3v) is 2.91. The average molecular weight is 432 g/mol. The lowest BCUT2D eigenvalue weighted by molar-refractivity contribution is -0.513. The highest BCUT2D eigenvalue weighted by Gasteiger charge is 2.97. The van der Waals surface area contributed by atoms with Crippen molar-refractivity contribution < 1.29 is 81.2 Å². The Bertz CT molecular complexity index is 498. The van der Waals surface area contributed by atoms with E-state index in [1.54, 1.807) is 0 Å². The molecule has 0 amide bonds. The van der Waals surface area contributed by atoms with Crippen molar-refractivity contribution in [1.29, 1.82) is 0 Å². The van der Waals surface area contributed by atoms with E-state index in [4.69, 9.17) is 15.3 Å². The Morgan fingerprint density at radius 2 is 0.577 bits per heavy atom. The average Bonchev–Trinajstić information content (AvgIpc) is 2.32. The highest BCUT2D eigenvalue weighted by atomic mass is 19.4. The molecule has 0 aliphatic carbocycles. The van der Waals surface area contributed by atoms with E-state index in [1.165, 1.54) is 0 Å². The van der Waals surface area contributed by atoms with Gasteiger partial charge in [-0.15, -0.1) is 0 Å². The van der Waals surface area contributed by atoms with Crippen LogP contribution in [0.2, 0.25) is 0 Å². The molecule has 0 heterocycles. The number of aliphatic hydroxyl groups is 3. The third-order valence-electron chi connectivity index (χ3n) is 2.91. The summed E-state index contributed by atoms with van der Waals surface area (Å²) in [5.74, 6) is -32.3. The number of alkyl halides is 15. The van der Waals surface area contributed by atoms with Gasteiger partial charge in [-0.3, -0.25) is 0 Å². The molecule has 158 valence electrons. The van der Waals surface area contributed by atoms with E-state index < -0.39 is 47.7 Å². The standard InChI is InChI=1S/C8H3F15O3/c9-2(10,5(25,26)8(21,22)23)1(24,3(11,12)6(15,16)17)4(13,14)7(18,19)20/h24-26H. The highest BCUT2D eigenvalue weighted by molar-refractivity contribution is 5.20. The summed E-state index contributed by atoms with van der Waals surface area (Å²) in [7, 11) is 0. The number of rotatable bonds is 4. The van der Waals surface area contributed by atoms with E-state index in [9.17, 15) is 65.9 Å². The van der Waals surface area contributed by atoms with E-state index in [-0.39, 0.29) is 0 Å². The molecule has 0 aliphatic heterocycles. The monoisotopic (exact) mass is 432 g/mol. The van der Waals surface area contributed by atoms with Crippen LogP contribution in [0, 0.1) is 0 Å². The largest absolute Gasteiger partial charge is 0.456 e. The van der Waals surface area contributed by atoms with Crippen molar-refractivity contribution >= 4 is 0 Å². The molecule has 0 radical (unpaired) electrons. The Morgan fingerprint density at radius 1 is 0.346 bits per heavy atom. The third kappa shape index (κ3) is 2.85. The van der Waals surface area contributed by atoms with E-state index in [0.29, 0.717) is 0 Å². The van der Waals surface area contributed by atoms with Crippen LogP contribution in [0.15, 0.2) is 0 Å². The molecule has 3 N–H and O–H groups in total. The lowest BCUT2D eigenvalue weighted by Gasteiger charge is -2.48. The Morgan fingerprint density at radius 3 is 0.731 bits per heavy atom. The summed E-state index contributed by atoms with van der Waals surface area (Å²) in [6.07, 6.45) is -23.3. The summed E-state index contributed by atoms with van der Waals surface area (Å²) in [5, 5.41) is 24.6. The normalized spacial score (nSPS) is 16.8. The molecule has 3 nitrogen and oxygen atoms in total. The zero-order valence-electron chi connectivity index (χ0n) is 11.0. The molecule has 0 aromatic rings.